The zero-order valence-corrected chi connectivity index (χ0v) is 13.7. The first-order chi connectivity index (χ1) is 11.5. The highest BCUT2D eigenvalue weighted by Gasteiger charge is 2.45. The van der Waals surface area contributed by atoms with Crippen molar-refractivity contribution in [3.63, 3.8) is 0 Å². The van der Waals surface area contributed by atoms with Gasteiger partial charge in [0.1, 0.15) is 0 Å². The zero-order chi connectivity index (χ0) is 17.3. The number of carbonyl (C=O) groups excluding carboxylic acids is 1. The number of nitrogens with zero attached hydrogens (tertiary/aromatic N) is 1. The van der Waals surface area contributed by atoms with Crippen molar-refractivity contribution in [3.8, 4) is 0 Å². The molecule has 0 saturated carbocycles. The molecule has 0 radical (unpaired) electrons. The molecule has 2 aromatic carbocycles. The molecule has 0 atom stereocenters. The number of anilines is 1. The van der Waals surface area contributed by atoms with Crippen LogP contribution in [-0.2, 0) is 10.7 Å². The zero-order valence-electron chi connectivity index (χ0n) is 13.7. The minimum absolute atomic E-state index is 0.210. The third kappa shape index (κ3) is 2.62. The van der Waals surface area contributed by atoms with Crippen LogP contribution in [0.5, 0.6) is 0 Å². The van der Waals surface area contributed by atoms with E-state index in [1.54, 1.807) is 6.07 Å². The smallest absolute Gasteiger partial charge is 0.335 e. The minimum Gasteiger partial charge on any atom is -0.372 e. The summed E-state index contributed by atoms with van der Waals surface area (Å²) in [6.07, 6.45) is 1.06. The first kappa shape index (κ1) is 16.4. The topological polar surface area (TPSA) is 20.3 Å². The van der Waals surface area contributed by atoms with Gasteiger partial charge in [-0.05, 0) is 48.8 Å². The molecule has 4 heteroatoms. The molecule has 24 heavy (non-hydrogen) atoms. The van der Waals surface area contributed by atoms with E-state index in [2.05, 4.69) is 0 Å². The number of alkyl halides is 2. The highest BCUT2D eigenvalue weighted by atomic mass is 19.3. The van der Waals surface area contributed by atoms with E-state index < -0.39 is 11.7 Å². The van der Waals surface area contributed by atoms with Gasteiger partial charge in [0.25, 0.3) is 0 Å². The molecule has 0 unspecified atom stereocenters. The van der Waals surface area contributed by atoms with Crippen LogP contribution in [0, 0.1) is 0 Å². The first-order valence-electron chi connectivity index (χ1n) is 8.08. The molecule has 3 rings (SSSR count). The lowest BCUT2D eigenvalue weighted by molar-refractivity contribution is -0.139. The number of hydrogen-bond acceptors (Lipinski definition) is 2. The van der Waals surface area contributed by atoms with Gasteiger partial charge in [-0.2, -0.15) is 8.78 Å². The fourth-order valence-corrected chi connectivity index (χ4v) is 3.10. The Bertz CT molecular complexity index is 793. The molecular weight excluding hydrogens is 308 g/mol. The summed E-state index contributed by atoms with van der Waals surface area (Å²) in [4.78, 5) is 14.0. The maximum Gasteiger partial charge on any atom is 0.335 e. The second-order valence-corrected chi connectivity index (χ2v) is 5.76. The molecule has 0 bridgehead atoms. The van der Waals surface area contributed by atoms with Crippen LogP contribution in [0.3, 0.4) is 0 Å². The summed E-state index contributed by atoms with van der Waals surface area (Å²) in [5.74, 6) is -4.65. The Balaban J connectivity index is 2.19. The summed E-state index contributed by atoms with van der Waals surface area (Å²) in [6.45, 7) is 5.38. The fraction of sp³-hybridized carbons (Fsp3) is 0.250. The minimum atomic E-state index is -3.49. The highest BCUT2D eigenvalue weighted by Crippen LogP contribution is 2.43. The summed E-state index contributed by atoms with van der Waals surface area (Å²) in [5, 5.41) is 0. The summed E-state index contributed by atoms with van der Waals surface area (Å²) in [6, 6.07) is 14.2. The van der Waals surface area contributed by atoms with E-state index >= 15 is 0 Å². The van der Waals surface area contributed by atoms with Crippen LogP contribution in [0.15, 0.2) is 54.6 Å². The number of carbonyl (C=O) groups is 1. The van der Waals surface area contributed by atoms with Crippen LogP contribution in [0.1, 0.15) is 30.5 Å². The third-order valence-electron chi connectivity index (χ3n) is 4.43. The molecule has 0 N–H and O–H groups in total. The normalized spacial score (nSPS) is 15.7. The third-order valence-corrected chi connectivity index (χ3v) is 4.43. The van der Waals surface area contributed by atoms with Gasteiger partial charge in [-0.1, -0.05) is 36.4 Å². The van der Waals surface area contributed by atoms with Crippen molar-refractivity contribution in [3.05, 3.63) is 71.3 Å². The number of allylic oxidation sites excluding steroid dienone is 1. The van der Waals surface area contributed by atoms with Gasteiger partial charge in [-0.3, -0.25) is 4.79 Å². The summed E-state index contributed by atoms with van der Waals surface area (Å²) < 4.78 is 29.0. The summed E-state index contributed by atoms with van der Waals surface area (Å²) in [5.41, 5.74) is 2.23. The van der Waals surface area contributed by atoms with Gasteiger partial charge in [0.2, 0.25) is 5.78 Å². The lowest BCUT2D eigenvalue weighted by Gasteiger charge is -2.28. The molecule has 124 valence electrons. The molecule has 2 nitrogen and oxygen atoms in total. The van der Waals surface area contributed by atoms with Crippen LogP contribution < -0.4 is 4.90 Å². The van der Waals surface area contributed by atoms with Crippen molar-refractivity contribution in [1.29, 1.82) is 0 Å². The molecular formula is C20H19F2NO. The van der Waals surface area contributed by atoms with E-state index in [9.17, 15) is 13.6 Å². The van der Waals surface area contributed by atoms with Gasteiger partial charge >= 0.3 is 5.92 Å². The van der Waals surface area contributed by atoms with E-state index in [1.165, 1.54) is 6.07 Å². The molecule has 0 aliphatic heterocycles. The highest BCUT2D eigenvalue weighted by molar-refractivity contribution is 6.08. The molecule has 0 heterocycles. The number of ketones is 1. The molecule has 0 aromatic heterocycles. The predicted molar refractivity (Wildman–Crippen MR) is 92.4 cm³/mol. The molecule has 0 spiro atoms. The van der Waals surface area contributed by atoms with Gasteiger partial charge < -0.3 is 4.90 Å². The second-order valence-electron chi connectivity index (χ2n) is 5.76. The summed E-state index contributed by atoms with van der Waals surface area (Å²) >= 11 is 0. The van der Waals surface area contributed by atoms with Crippen molar-refractivity contribution in [1.82, 2.24) is 0 Å². The number of benzene rings is 2. The van der Waals surface area contributed by atoms with Crippen LogP contribution in [0.2, 0.25) is 0 Å². The van der Waals surface area contributed by atoms with Crippen molar-refractivity contribution >= 4 is 17.0 Å². The molecule has 0 fully saturated rings. The average molecular weight is 327 g/mol. The van der Waals surface area contributed by atoms with E-state index in [0.29, 0.717) is 16.8 Å². The average Bonchev–Trinajstić information content (AvgIpc) is 2.60. The quantitative estimate of drug-likeness (QED) is 0.815. The van der Waals surface area contributed by atoms with Gasteiger partial charge in [0, 0.05) is 24.3 Å². The van der Waals surface area contributed by atoms with Crippen LogP contribution >= 0.6 is 0 Å². The Morgan fingerprint density at radius 3 is 2.29 bits per heavy atom. The van der Waals surface area contributed by atoms with Crippen molar-refractivity contribution in [2.45, 2.75) is 19.8 Å². The Hall–Kier alpha value is -2.49. The largest absolute Gasteiger partial charge is 0.372 e. The second kappa shape index (κ2) is 6.19. The molecule has 0 amide bonds. The maximum absolute atomic E-state index is 14.5. The van der Waals surface area contributed by atoms with Gasteiger partial charge in [0.15, 0.2) is 0 Å². The SMILES string of the molecule is CCN(CC)c1ccc2c(c1)C(F)(F)C(=O)C=C2c1ccccc1. The van der Waals surface area contributed by atoms with E-state index in [0.717, 1.165) is 24.7 Å². The van der Waals surface area contributed by atoms with E-state index in [4.69, 9.17) is 0 Å². The molecule has 1 aliphatic carbocycles. The lowest BCUT2D eigenvalue weighted by Crippen LogP contribution is -2.30. The van der Waals surface area contributed by atoms with Crippen LogP contribution in [-0.4, -0.2) is 18.9 Å². The monoisotopic (exact) mass is 327 g/mol. The first-order valence-corrected chi connectivity index (χ1v) is 8.08. The van der Waals surface area contributed by atoms with E-state index in [-0.39, 0.29) is 5.56 Å². The number of halogens is 2. The Morgan fingerprint density at radius 2 is 1.67 bits per heavy atom. The Morgan fingerprint density at radius 1 is 1.00 bits per heavy atom. The molecule has 2 aromatic rings. The van der Waals surface area contributed by atoms with Crippen LogP contribution in [0.25, 0.3) is 5.57 Å². The van der Waals surface area contributed by atoms with Crippen LogP contribution in [0.4, 0.5) is 14.5 Å². The number of hydrogen-bond donors (Lipinski definition) is 0. The van der Waals surface area contributed by atoms with Gasteiger partial charge in [-0.25, -0.2) is 0 Å². The Kier molecular flexibility index (Phi) is 4.22. The number of rotatable bonds is 4. The van der Waals surface area contributed by atoms with E-state index in [1.807, 2.05) is 55.1 Å². The Labute approximate surface area is 140 Å². The van der Waals surface area contributed by atoms with Crippen molar-refractivity contribution in [2.24, 2.45) is 0 Å². The van der Waals surface area contributed by atoms with Crippen molar-refractivity contribution < 1.29 is 13.6 Å². The van der Waals surface area contributed by atoms with Crippen molar-refractivity contribution in [2.75, 3.05) is 18.0 Å². The predicted octanol–water partition coefficient (Wildman–Crippen LogP) is 4.64. The standard InChI is InChI=1S/C20H19F2NO/c1-3-23(4-2)15-10-11-16-17(14-8-6-5-7-9-14)13-19(24)20(21,22)18(16)12-15/h5-13H,3-4H2,1-2H3. The van der Waals surface area contributed by atoms with Gasteiger partial charge in [-0.15, -0.1) is 0 Å². The summed E-state index contributed by atoms with van der Waals surface area (Å²) in [7, 11) is 0. The molecule has 0 saturated heterocycles. The maximum atomic E-state index is 14.5. The molecule has 1 aliphatic rings. The lowest BCUT2D eigenvalue weighted by atomic mass is 9.84. The fourth-order valence-electron chi connectivity index (χ4n) is 3.10. The number of fused-ring (bicyclic) bond motifs is 1. The van der Waals surface area contributed by atoms with Gasteiger partial charge in [0.05, 0.1) is 0 Å².